The molecule has 0 aliphatic carbocycles. The fourth-order valence-electron chi connectivity index (χ4n) is 2.44. The van der Waals surface area contributed by atoms with Crippen LogP contribution in [0.25, 0.3) is 10.8 Å². The van der Waals surface area contributed by atoms with Gasteiger partial charge in [-0.3, -0.25) is 4.79 Å². The van der Waals surface area contributed by atoms with Crippen LogP contribution in [0.1, 0.15) is 25.8 Å². The van der Waals surface area contributed by atoms with Crippen LogP contribution in [0.4, 0.5) is 0 Å². The Morgan fingerprint density at radius 1 is 1.14 bits per heavy atom. The van der Waals surface area contributed by atoms with Gasteiger partial charge in [0.15, 0.2) is 0 Å². The predicted octanol–water partition coefficient (Wildman–Crippen LogP) is 3.00. The molecule has 2 N–H and O–H groups in total. The van der Waals surface area contributed by atoms with Gasteiger partial charge >= 0.3 is 5.97 Å². The van der Waals surface area contributed by atoms with E-state index in [0.717, 1.165) is 16.3 Å². The second-order valence-electron chi connectivity index (χ2n) is 5.63. The number of rotatable bonds is 6. The number of hydrogen-bond acceptors (Lipinski definition) is 2. The number of fused-ring (bicyclic) bond motifs is 1. The van der Waals surface area contributed by atoms with E-state index in [1.165, 1.54) is 0 Å². The fourth-order valence-corrected chi connectivity index (χ4v) is 2.44. The second kappa shape index (κ2) is 7.07. The van der Waals surface area contributed by atoms with E-state index in [9.17, 15) is 14.7 Å². The van der Waals surface area contributed by atoms with Gasteiger partial charge in [-0.25, -0.2) is 4.79 Å². The van der Waals surface area contributed by atoms with Crippen molar-refractivity contribution in [1.29, 1.82) is 0 Å². The number of hydrogen-bond donors (Lipinski definition) is 2. The summed E-state index contributed by atoms with van der Waals surface area (Å²) in [5.41, 5.74) is 0.879. The molecule has 0 saturated heterocycles. The average Bonchev–Trinajstić information content (AvgIpc) is 2.51. The normalized spacial score (nSPS) is 13.5. The van der Waals surface area contributed by atoms with E-state index in [2.05, 4.69) is 5.32 Å². The van der Waals surface area contributed by atoms with Gasteiger partial charge in [0.25, 0.3) is 0 Å². The van der Waals surface area contributed by atoms with Crippen LogP contribution in [-0.2, 0) is 16.0 Å². The Morgan fingerprint density at radius 2 is 1.82 bits per heavy atom. The first-order valence-corrected chi connectivity index (χ1v) is 7.51. The summed E-state index contributed by atoms with van der Waals surface area (Å²) in [6, 6.07) is 12.9. The molecule has 0 unspecified atom stereocenters. The summed E-state index contributed by atoms with van der Waals surface area (Å²) in [5.74, 6) is -1.35. The minimum absolute atomic E-state index is 0.0990. The Bertz CT molecular complexity index is 681. The van der Waals surface area contributed by atoms with Crippen molar-refractivity contribution in [2.75, 3.05) is 0 Å². The smallest absolute Gasteiger partial charge is 0.326 e. The van der Waals surface area contributed by atoms with Gasteiger partial charge in [0.05, 0.1) is 6.42 Å². The molecule has 2 rings (SSSR count). The number of benzene rings is 2. The Labute approximate surface area is 130 Å². The van der Waals surface area contributed by atoms with Gasteiger partial charge in [0.2, 0.25) is 5.91 Å². The van der Waals surface area contributed by atoms with Crippen LogP contribution in [0.15, 0.2) is 42.5 Å². The summed E-state index contributed by atoms with van der Waals surface area (Å²) in [7, 11) is 0. The SMILES string of the molecule is CC[C@@H](C)[C@H](NC(=O)Cc1ccc2ccccc2c1)C(=O)O. The molecule has 4 nitrogen and oxygen atoms in total. The summed E-state index contributed by atoms with van der Waals surface area (Å²) < 4.78 is 0. The summed E-state index contributed by atoms with van der Waals surface area (Å²) in [6.45, 7) is 3.74. The molecule has 22 heavy (non-hydrogen) atoms. The third kappa shape index (κ3) is 3.85. The highest BCUT2D eigenvalue weighted by Gasteiger charge is 2.25. The van der Waals surface area contributed by atoms with Gasteiger partial charge in [0, 0.05) is 0 Å². The molecule has 1 amide bonds. The quantitative estimate of drug-likeness (QED) is 0.861. The van der Waals surface area contributed by atoms with E-state index in [-0.39, 0.29) is 18.2 Å². The molecule has 0 bridgehead atoms. The van der Waals surface area contributed by atoms with Gasteiger partial charge in [-0.1, -0.05) is 62.7 Å². The fraction of sp³-hybridized carbons (Fsp3) is 0.333. The van der Waals surface area contributed by atoms with Crippen molar-refractivity contribution in [2.24, 2.45) is 5.92 Å². The highest BCUT2D eigenvalue weighted by Crippen LogP contribution is 2.16. The van der Waals surface area contributed by atoms with E-state index < -0.39 is 12.0 Å². The summed E-state index contributed by atoms with van der Waals surface area (Å²) in [4.78, 5) is 23.4. The molecule has 2 atom stereocenters. The molecular weight excluding hydrogens is 278 g/mol. The maximum absolute atomic E-state index is 12.1. The first-order valence-electron chi connectivity index (χ1n) is 7.51. The average molecular weight is 299 g/mol. The lowest BCUT2D eigenvalue weighted by atomic mass is 9.98. The number of aliphatic carboxylic acids is 1. The van der Waals surface area contributed by atoms with E-state index in [1.807, 2.05) is 56.3 Å². The first-order chi connectivity index (χ1) is 10.5. The molecule has 2 aromatic rings. The van der Waals surface area contributed by atoms with E-state index in [1.54, 1.807) is 0 Å². The summed E-state index contributed by atoms with van der Waals surface area (Å²) in [6.07, 6.45) is 0.887. The molecule has 2 aromatic carbocycles. The molecule has 116 valence electrons. The van der Waals surface area contributed by atoms with Crippen LogP contribution >= 0.6 is 0 Å². The lowest BCUT2D eigenvalue weighted by Gasteiger charge is -2.20. The van der Waals surface area contributed by atoms with Crippen molar-refractivity contribution in [3.63, 3.8) is 0 Å². The number of carboxylic acid groups (broad SMARTS) is 1. The molecule has 4 heteroatoms. The summed E-state index contributed by atoms with van der Waals surface area (Å²) in [5, 5.41) is 14.0. The number of carboxylic acids is 1. The van der Waals surface area contributed by atoms with Gasteiger partial charge in [-0.05, 0) is 22.3 Å². The first kappa shape index (κ1) is 16.0. The molecule has 0 saturated carbocycles. The minimum atomic E-state index is -0.985. The van der Waals surface area contributed by atoms with Gasteiger partial charge in [-0.15, -0.1) is 0 Å². The Hall–Kier alpha value is -2.36. The molecule has 0 aliphatic rings. The third-order valence-corrected chi connectivity index (χ3v) is 3.97. The standard InChI is InChI=1S/C18H21NO3/c1-3-12(2)17(18(21)22)19-16(20)11-13-8-9-14-6-4-5-7-15(14)10-13/h4-10,12,17H,3,11H2,1-2H3,(H,19,20)(H,21,22)/t12-,17+/m1/s1. The van der Waals surface area contributed by atoms with Crippen molar-refractivity contribution >= 4 is 22.6 Å². The van der Waals surface area contributed by atoms with Crippen molar-refractivity contribution < 1.29 is 14.7 Å². The maximum atomic E-state index is 12.1. The van der Waals surface area contributed by atoms with Crippen molar-refractivity contribution in [3.05, 3.63) is 48.0 Å². The highest BCUT2D eigenvalue weighted by atomic mass is 16.4. The van der Waals surface area contributed by atoms with Crippen molar-refractivity contribution in [3.8, 4) is 0 Å². The second-order valence-corrected chi connectivity index (χ2v) is 5.63. The lowest BCUT2D eigenvalue weighted by molar-refractivity contribution is -0.143. The van der Waals surface area contributed by atoms with Gasteiger partial charge in [0.1, 0.15) is 6.04 Å². The van der Waals surface area contributed by atoms with E-state index in [4.69, 9.17) is 0 Å². The maximum Gasteiger partial charge on any atom is 0.326 e. The Morgan fingerprint density at radius 3 is 2.45 bits per heavy atom. The number of carbonyl (C=O) groups excluding carboxylic acids is 1. The highest BCUT2D eigenvalue weighted by molar-refractivity contribution is 5.87. The topological polar surface area (TPSA) is 66.4 Å². The van der Waals surface area contributed by atoms with Crippen LogP contribution in [-0.4, -0.2) is 23.0 Å². The Balaban J connectivity index is 2.08. The van der Waals surface area contributed by atoms with Crippen LogP contribution in [0.3, 0.4) is 0 Å². The molecule has 0 aromatic heterocycles. The van der Waals surface area contributed by atoms with Gasteiger partial charge < -0.3 is 10.4 Å². The zero-order valence-electron chi connectivity index (χ0n) is 12.9. The van der Waals surface area contributed by atoms with Crippen LogP contribution in [0, 0.1) is 5.92 Å². The summed E-state index contributed by atoms with van der Waals surface area (Å²) >= 11 is 0. The van der Waals surface area contributed by atoms with Gasteiger partial charge in [-0.2, -0.15) is 0 Å². The monoisotopic (exact) mass is 299 g/mol. The van der Waals surface area contributed by atoms with Crippen LogP contribution in [0.5, 0.6) is 0 Å². The molecule has 0 fully saturated rings. The van der Waals surface area contributed by atoms with Crippen molar-refractivity contribution in [1.82, 2.24) is 5.32 Å². The van der Waals surface area contributed by atoms with Crippen LogP contribution < -0.4 is 5.32 Å². The lowest BCUT2D eigenvalue weighted by Crippen LogP contribution is -2.45. The minimum Gasteiger partial charge on any atom is -0.480 e. The predicted molar refractivity (Wildman–Crippen MR) is 86.7 cm³/mol. The zero-order chi connectivity index (χ0) is 16.1. The molecule has 0 radical (unpaired) electrons. The molecule has 0 spiro atoms. The third-order valence-electron chi connectivity index (χ3n) is 3.97. The largest absolute Gasteiger partial charge is 0.480 e. The van der Waals surface area contributed by atoms with Crippen molar-refractivity contribution in [2.45, 2.75) is 32.7 Å². The number of nitrogens with one attached hydrogen (secondary N) is 1. The zero-order valence-corrected chi connectivity index (χ0v) is 12.9. The van der Waals surface area contributed by atoms with Crippen LogP contribution in [0.2, 0.25) is 0 Å². The number of carbonyl (C=O) groups is 2. The number of amides is 1. The molecule has 0 aliphatic heterocycles. The molecular formula is C18H21NO3. The molecule has 0 heterocycles. The van der Waals surface area contributed by atoms with E-state index in [0.29, 0.717) is 6.42 Å². The Kier molecular flexibility index (Phi) is 5.15. The van der Waals surface area contributed by atoms with E-state index >= 15 is 0 Å².